The molecule has 2 atom stereocenters. The van der Waals surface area contributed by atoms with Crippen LogP contribution in [0.3, 0.4) is 0 Å². The van der Waals surface area contributed by atoms with Crippen LogP contribution >= 0.6 is 0 Å². The van der Waals surface area contributed by atoms with E-state index >= 15 is 0 Å². The van der Waals surface area contributed by atoms with Crippen LogP contribution in [0.25, 0.3) is 0 Å². The van der Waals surface area contributed by atoms with E-state index in [1.165, 1.54) is 24.1 Å². The maximum absolute atomic E-state index is 6.33. The largest absolute Gasteiger partial charge is 0.324 e. The molecule has 0 radical (unpaired) electrons. The van der Waals surface area contributed by atoms with E-state index in [4.69, 9.17) is 5.73 Å². The van der Waals surface area contributed by atoms with Crippen molar-refractivity contribution in [2.45, 2.75) is 31.8 Å². The maximum atomic E-state index is 6.33. The molecule has 2 N–H and O–H groups in total. The molecule has 1 saturated carbocycles. The Balaban J connectivity index is 1.70. The summed E-state index contributed by atoms with van der Waals surface area (Å²) in [6, 6.07) is 0. The molecule has 3 rings (SSSR count). The van der Waals surface area contributed by atoms with Crippen molar-refractivity contribution in [3.05, 3.63) is 17.5 Å². The zero-order valence-electron chi connectivity index (χ0n) is 10.1. The number of hydrogen-bond donors (Lipinski definition) is 1. The number of fused-ring (bicyclic) bond motifs is 1. The van der Waals surface area contributed by atoms with E-state index in [1.807, 2.05) is 11.7 Å². The quantitative estimate of drug-likeness (QED) is 0.796. The first-order chi connectivity index (χ1) is 7.57. The van der Waals surface area contributed by atoms with E-state index in [0.717, 1.165) is 25.6 Å². The minimum atomic E-state index is 0.128. The van der Waals surface area contributed by atoms with Gasteiger partial charge in [0.05, 0.1) is 5.69 Å². The fourth-order valence-electron chi connectivity index (χ4n) is 3.13. The van der Waals surface area contributed by atoms with E-state index in [2.05, 4.69) is 23.1 Å². The van der Waals surface area contributed by atoms with Gasteiger partial charge in [0.25, 0.3) is 0 Å². The maximum Gasteiger partial charge on any atom is 0.0793 e. The molecule has 16 heavy (non-hydrogen) atoms. The lowest BCUT2D eigenvalue weighted by Gasteiger charge is -2.40. The molecule has 88 valence electrons. The van der Waals surface area contributed by atoms with Crippen molar-refractivity contribution >= 4 is 0 Å². The van der Waals surface area contributed by atoms with Gasteiger partial charge in [-0.1, -0.05) is 0 Å². The minimum absolute atomic E-state index is 0.128. The normalized spacial score (nSPS) is 33.8. The first-order valence-corrected chi connectivity index (χ1v) is 6.07. The summed E-state index contributed by atoms with van der Waals surface area (Å²) in [6.07, 6.45) is 4.60. The van der Waals surface area contributed by atoms with Crippen molar-refractivity contribution in [3.63, 3.8) is 0 Å². The van der Waals surface area contributed by atoms with Gasteiger partial charge in [-0.15, -0.1) is 0 Å². The molecule has 0 spiro atoms. The number of aromatic nitrogens is 2. The van der Waals surface area contributed by atoms with E-state index in [9.17, 15) is 0 Å². The summed E-state index contributed by atoms with van der Waals surface area (Å²) in [5.74, 6) is 0.733. The molecule has 1 aromatic heterocycles. The van der Waals surface area contributed by atoms with Crippen molar-refractivity contribution in [2.75, 3.05) is 13.1 Å². The van der Waals surface area contributed by atoms with Gasteiger partial charge in [0.2, 0.25) is 0 Å². The van der Waals surface area contributed by atoms with Gasteiger partial charge in [-0.25, -0.2) is 0 Å². The Labute approximate surface area is 96.4 Å². The molecule has 0 amide bonds. The molecule has 2 heterocycles. The monoisotopic (exact) mass is 220 g/mol. The van der Waals surface area contributed by atoms with Crippen molar-refractivity contribution < 1.29 is 0 Å². The molecule has 2 aliphatic rings. The summed E-state index contributed by atoms with van der Waals surface area (Å²) in [6.45, 7) is 5.30. The average Bonchev–Trinajstić information content (AvgIpc) is 2.61. The summed E-state index contributed by atoms with van der Waals surface area (Å²) in [7, 11) is 1.98. The number of rotatable bonds is 2. The van der Waals surface area contributed by atoms with Gasteiger partial charge in [-0.3, -0.25) is 9.58 Å². The fourth-order valence-corrected chi connectivity index (χ4v) is 3.13. The van der Waals surface area contributed by atoms with Crippen molar-refractivity contribution in [2.24, 2.45) is 18.7 Å². The topological polar surface area (TPSA) is 47.1 Å². The third-order valence-corrected chi connectivity index (χ3v) is 4.26. The molecule has 4 nitrogen and oxygen atoms in total. The summed E-state index contributed by atoms with van der Waals surface area (Å²) in [5.41, 5.74) is 8.94. The Morgan fingerprint density at radius 1 is 1.62 bits per heavy atom. The Morgan fingerprint density at radius 2 is 2.44 bits per heavy atom. The molecular formula is C12H20N4. The fraction of sp³-hybridized carbons (Fsp3) is 0.750. The van der Waals surface area contributed by atoms with Crippen LogP contribution in [0, 0.1) is 12.8 Å². The Kier molecular flexibility index (Phi) is 2.13. The van der Waals surface area contributed by atoms with Gasteiger partial charge in [0, 0.05) is 38.4 Å². The highest BCUT2D eigenvalue weighted by atomic mass is 15.3. The molecule has 1 aliphatic carbocycles. The predicted octanol–water partition coefficient (Wildman–Crippen LogP) is 0.652. The van der Waals surface area contributed by atoms with Gasteiger partial charge in [-0.2, -0.15) is 5.10 Å². The van der Waals surface area contributed by atoms with Crippen molar-refractivity contribution in [1.29, 1.82) is 0 Å². The molecule has 2 fully saturated rings. The molecular weight excluding hydrogens is 200 g/mol. The standard InChI is InChI=1S/C12H20N4/c1-9-5-15(2)14-11(9)7-16-6-10-3-4-12(10,13)8-16/h5,10H,3-4,6-8,13H2,1-2H3/t10-,12-/m0/s1. The summed E-state index contributed by atoms with van der Waals surface area (Å²) in [4.78, 5) is 2.47. The third-order valence-electron chi connectivity index (χ3n) is 4.26. The predicted molar refractivity (Wildman–Crippen MR) is 62.9 cm³/mol. The molecule has 0 aromatic carbocycles. The van der Waals surface area contributed by atoms with Crippen LogP contribution in [0.2, 0.25) is 0 Å². The van der Waals surface area contributed by atoms with Gasteiger partial charge in [0.1, 0.15) is 0 Å². The van der Waals surface area contributed by atoms with Crippen LogP contribution in [0.15, 0.2) is 6.20 Å². The Morgan fingerprint density at radius 3 is 2.88 bits per heavy atom. The molecule has 1 aromatic rings. The van der Waals surface area contributed by atoms with Crippen LogP contribution in [0.5, 0.6) is 0 Å². The molecule has 1 saturated heterocycles. The third kappa shape index (κ3) is 1.48. The highest BCUT2D eigenvalue weighted by Crippen LogP contribution is 2.42. The number of hydrogen-bond acceptors (Lipinski definition) is 3. The van der Waals surface area contributed by atoms with E-state index in [0.29, 0.717) is 0 Å². The lowest BCUT2D eigenvalue weighted by atomic mass is 9.70. The van der Waals surface area contributed by atoms with Crippen LogP contribution in [0.1, 0.15) is 24.1 Å². The van der Waals surface area contributed by atoms with E-state index in [-0.39, 0.29) is 5.54 Å². The SMILES string of the molecule is Cc1cn(C)nc1CN1C[C@@H]2CC[C@]2(N)C1. The highest BCUT2D eigenvalue weighted by Gasteiger charge is 2.49. The van der Waals surface area contributed by atoms with Gasteiger partial charge >= 0.3 is 0 Å². The van der Waals surface area contributed by atoms with Crippen molar-refractivity contribution in [1.82, 2.24) is 14.7 Å². The van der Waals surface area contributed by atoms with Crippen LogP contribution in [-0.2, 0) is 13.6 Å². The smallest absolute Gasteiger partial charge is 0.0793 e. The van der Waals surface area contributed by atoms with E-state index in [1.54, 1.807) is 0 Å². The number of aryl methyl sites for hydroxylation is 2. The number of likely N-dealkylation sites (tertiary alicyclic amines) is 1. The van der Waals surface area contributed by atoms with Crippen molar-refractivity contribution in [3.8, 4) is 0 Å². The number of nitrogens with zero attached hydrogens (tertiary/aromatic N) is 3. The summed E-state index contributed by atoms with van der Waals surface area (Å²) >= 11 is 0. The minimum Gasteiger partial charge on any atom is -0.324 e. The summed E-state index contributed by atoms with van der Waals surface area (Å²) < 4.78 is 1.90. The second-order valence-corrected chi connectivity index (χ2v) is 5.57. The molecule has 0 bridgehead atoms. The zero-order chi connectivity index (χ0) is 11.3. The number of nitrogens with two attached hydrogens (primary N) is 1. The second-order valence-electron chi connectivity index (χ2n) is 5.57. The zero-order valence-corrected chi connectivity index (χ0v) is 10.1. The van der Waals surface area contributed by atoms with Gasteiger partial charge in [0.15, 0.2) is 0 Å². The van der Waals surface area contributed by atoms with Gasteiger partial charge in [-0.05, 0) is 31.2 Å². The molecule has 4 heteroatoms. The highest BCUT2D eigenvalue weighted by molar-refractivity contribution is 5.16. The summed E-state index contributed by atoms with van der Waals surface area (Å²) in [5, 5.41) is 4.50. The van der Waals surface area contributed by atoms with E-state index < -0.39 is 0 Å². The lowest BCUT2D eigenvalue weighted by molar-refractivity contribution is 0.188. The van der Waals surface area contributed by atoms with Gasteiger partial charge < -0.3 is 5.73 Å². The lowest BCUT2D eigenvalue weighted by Crippen LogP contribution is -2.54. The first kappa shape index (κ1) is 10.3. The molecule has 1 aliphatic heterocycles. The average molecular weight is 220 g/mol. The first-order valence-electron chi connectivity index (χ1n) is 6.07. The van der Waals surface area contributed by atoms with Crippen LogP contribution in [-0.4, -0.2) is 33.3 Å². The second kappa shape index (κ2) is 3.31. The Hall–Kier alpha value is -0.870. The van der Waals surface area contributed by atoms with Crippen LogP contribution < -0.4 is 5.73 Å². The van der Waals surface area contributed by atoms with Crippen LogP contribution in [0.4, 0.5) is 0 Å². The molecule has 0 unspecified atom stereocenters. The Bertz CT molecular complexity index is 411.